The van der Waals surface area contributed by atoms with E-state index in [2.05, 4.69) is 9.55 Å². The molecule has 1 heterocycles. The van der Waals surface area contributed by atoms with E-state index in [0.29, 0.717) is 16.7 Å². The summed E-state index contributed by atoms with van der Waals surface area (Å²) in [6, 6.07) is 7.11. The third-order valence-electron chi connectivity index (χ3n) is 2.21. The molecule has 0 fully saturated rings. The fraction of sp³-hybridized carbons (Fsp3) is 0.273. The molecular weight excluding hydrogens is 254 g/mol. The molecular formula is C11H13N3O3S. The normalized spacial score (nSPS) is 12.3. The summed E-state index contributed by atoms with van der Waals surface area (Å²) < 4.78 is 32.1. The van der Waals surface area contributed by atoms with Gasteiger partial charge < -0.3 is 9.42 Å². The summed E-state index contributed by atoms with van der Waals surface area (Å²) in [5, 5.41) is 4.46. The number of hydrogen-bond donors (Lipinski definition) is 0. The van der Waals surface area contributed by atoms with E-state index in [9.17, 15) is 8.42 Å². The smallest absolute Gasteiger partial charge is 0.260 e. The van der Waals surface area contributed by atoms with Crippen LogP contribution in [-0.2, 0) is 15.8 Å². The average Bonchev–Trinajstić information content (AvgIpc) is 2.70. The van der Waals surface area contributed by atoms with Crippen LogP contribution in [0.2, 0.25) is 0 Å². The fourth-order valence-electron chi connectivity index (χ4n) is 1.42. The van der Waals surface area contributed by atoms with Crippen molar-refractivity contribution in [3.63, 3.8) is 0 Å². The molecule has 18 heavy (non-hydrogen) atoms. The van der Waals surface area contributed by atoms with Gasteiger partial charge in [0, 0.05) is 19.5 Å². The zero-order chi connectivity index (χ0) is 13.2. The highest BCUT2D eigenvalue weighted by atomic mass is 32.2. The molecule has 7 heteroatoms. The van der Waals surface area contributed by atoms with Crippen molar-refractivity contribution >= 4 is 27.3 Å². The molecule has 1 aromatic carbocycles. The minimum atomic E-state index is -3.59. The van der Waals surface area contributed by atoms with Gasteiger partial charge in [0.2, 0.25) is 0 Å². The third kappa shape index (κ3) is 2.86. The molecule has 0 saturated carbocycles. The maximum absolute atomic E-state index is 11.7. The maximum Gasteiger partial charge on any atom is 0.260 e. The molecule has 0 bridgehead atoms. The van der Waals surface area contributed by atoms with Crippen molar-refractivity contribution < 1.29 is 12.9 Å². The predicted octanol–water partition coefficient (Wildman–Crippen LogP) is 1.25. The van der Waals surface area contributed by atoms with Gasteiger partial charge in [-0.2, -0.15) is 4.40 Å². The van der Waals surface area contributed by atoms with Crippen LogP contribution in [0.25, 0.3) is 11.0 Å². The van der Waals surface area contributed by atoms with Gasteiger partial charge in [0.05, 0.1) is 0 Å². The lowest BCUT2D eigenvalue weighted by Crippen LogP contribution is -2.11. The number of aromatic nitrogens is 1. The zero-order valence-corrected chi connectivity index (χ0v) is 10.9. The summed E-state index contributed by atoms with van der Waals surface area (Å²) in [6.07, 6.45) is 1.25. The lowest BCUT2D eigenvalue weighted by Gasteiger charge is -2.02. The van der Waals surface area contributed by atoms with Crippen LogP contribution < -0.4 is 0 Å². The van der Waals surface area contributed by atoms with Crippen LogP contribution in [0.4, 0.5) is 0 Å². The standard InChI is InChI=1S/C11H13N3O3S/c1-14(2)8-12-18(15,16)7-10-9-5-3-4-6-11(9)17-13-10/h3-6,8H,7H2,1-2H3/b12-8+. The molecule has 0 atom stereocenters. The summed E-state index contributed by atoms with van der Waals surface area (Å²) in [5.74, 6) is -0.269. The Morgan fingerprint density at radius 3 is 2.83 bits per heavy atom. The molecule has 1 aromatic heterocycles. The van der Waals surface area contributed by atoms with Gasteiger partial charge in [-0.1, -0.05) is 17.3 Å². The molecule has 6 nitrogen and oxygen atoms in total. The Bertz CT molecular complexity index is 674. The second-order valence-corrected chi connectivity index (χ2v) is 5.70. The SMILES string of the molecule is CN(C)/C=N/S(=O)(=O)Cc1noc2ccccc12. The van der Waals surface area contributed by atoms with Crippen LogP contribution >= 0.6 is 0 Å². The summed E-state index contributed by atoms with van der Waals surface area (Å²) in [4.78, 5) is 1.55. The topological polar surface area (TPSA) is 75.8 Å². The minimum Gasteiger partial charge on any atom is -0.368 e. The average molecular weight is 267 g/mol. The number of benzene rings is 1. The highest BCUT2D eigenvalue weighted by molar-refractivity contribution is 7.89. The molecule has 0 unspecified atom stereocenters. The van der Waals surface area contributed by atoms with Gasteiger partial charge in [-0.25, -0.2) is 8.42 Å². The first kappa shape index (κ1) is 12.6. The number of nitrogens with zero attached hydrogens (tertiary/aromatic N) is 3. The first-order valence-electron chi connectivity index (χ1n) is 5.26. The molecule has 2 rings (SSSR count). The summed E-state index contributed by atoms with van der Waals surface area (Å²) in [7, 11) is -0.188. The van der Waals surface area contributed by atoms with Crippen molar-refractivity contribution in [1.29, 1.82) is 0 Å². The molecule has 0 amide bonds. The third-order valence-corrected chi connectivity index (χ3v) is 3.26. The molecule has 2 aromatic rings. The van der Waals surface area contributed by atoms with Crippen molar-refractivity contribution in [2.45, 2.75) is 5.75 Å². The molecule has 0 N–H and O–H groups in total. The van der Waals surface area contributed by atoms with Crippen molar-refractivity contribution in [2.75, 3.05) is 14.1 Å². The van der Waals surface area contributed by atoms with E-state index in [1.165, 1.54) is 6.34 Å². The molecule has 96 valence electrons. The van der Waals surface area contributed by atoms with E-state index in [4.69, 9.17) is 4.52 Å². The quantitative estimate of drug-likeness (QED) is 0.615. The Labute approximate surface area is 105 Å². The first-order valence-corrected chi connectivity index (χ1v) is 6.87. The van der Waals surface area contributed by atoms with E-state index in [1.54, 1.807) is 43.3 Å². The predicted molar refractivity (Wildman–Crippen MR) is 68.8 cm³/mol. The number of hydrogen-bond acceptors (Lipinski definition) is 4. The van der Waals surface area contributed by atoms with E-state index in [0.717, 1.165) is 0 Å². The van der Waals surface area contributed by atoms with Crippen LogP contribution in [0.3, 0.4) is 0 Å². The fourth-order valence-corrected chi connectivity index (χ4v) is 2.38. The first-order chi connectivity index (χ1) is 8.48. The summed E-state index contributed by atoms with van der Waals surface area (Å²) in [6.45, 7) is 0. The molecule has 0 aliphatic rings. The van der Waals surface area contributed by atoms with E-state index in [1.807, 2.05) is 0 Å². The molecule has 0 spiro atoms. The van der Waals surface area contributed by atoms with E-state index >= 15 is 0 Å². The highest BCUT2D eigenvalue weighted by Gasteiger charge is 2.16. The Hall–Kier alpha value is -1.89. The van der Waals surface area contributed by atoms with Crippen LogP contribution in [0.15, 0.2) is 33.2 Å². The largest absolute Gasteiger partial charge is 0.368 e. The van der Waals surface area contributed by atoms with Gasteiger partial charge in [0.25, 0.3) is 10.0 Å². The molecule has 0 aliphatic heterocycles. The van der Waals surface area contributed by atoms with Crippen LogP contribution in [0, 0.1) is 0 Å². The second kappa shape index (κ2) is 4.77. The van der Waals surface area contributed by atoms with E-state index < -0.39 is 10.0 Å². The molecule has 0 aliphatic carbocycles. The lowest BCUT2D eigenvalue weighted by molar-refractivity contribution is 0.448. The van der Waals surface area contributed by atoms with Crippen molar-refractivity contribution in [3.05, 3.63) is 30.0 Å². The summed E-state index contributed by atoms with van der Waals surface area (Å²) >= 11 is 0. The van der Waals surface area contributed by atoms with Gasteiger partial charge in [0.15, 0.2) is 5.58 Å². The van der Waals surface area contributed by atoms with Gasteiger partial charge in [-0.15, -0.1) is 0 Å². The van der Waals surface area contributed by atoms with Gasteiger partial charge in [-0.3, -0.25) is 0 Å². The number of para-hydroxylation sites is 1. The Morgan fingerprint density at radius 2 is 2.11 bits per heavy atom. The van der Waals surface area contributed by atoms with Gasteiger partial charge in [-0.05, 0) is 12.1 Å². The maximum atomic E-state index is 11.7. The Morgan fingerprint density at radius 1 is 1.39 bits per heavy atom. The Balaban J connectivity index is 2.29. The van der Waals surface area contributed by atoms with Gasteiger partial charge >= 0.3 is 0 Å². The van der Waals surface area contributed by atoms with E-state index in [-0.39, 0.29) is 5.75 Å². The van der Waals surface area contributed by atoms with Crippen LogP contribution in [0.1, 0.15) is 5.69 Å². The lowest BCUT2D eigenvalue weighted by atomic mass is 10.2. The molecule has 0 radical (unpaired) electrons. The number of rotatable bonds is 4. The Kier molecular flexibility index (Phi) is 3.33. The van der Waals surface area contributed by atoms with Crippen molar-refractivity contribution in [1.82, 2.24) is 10.1 Å². The minimum absolute atomic E-state index is 0.269. The summed E-state index contributed by atoms with van der Waals surface area (Å²) in [5.41, 5.74) is 0.945. The number of fused-ring (bicyclic) bond motifs is 1. The van der Waals surface area contributed by atoms with Crippen LogP contribution in [-0.4, -0.2) is 38.9 Å². The molecule has 0 saturated heterocycles. The van der Waals surface area contributed by atoms with Crippen molar-refractivity contribution in [2.24, 2.45) is 4.40 Å². The zero-order valence-electron chi connectivity index (χ0n) is 10.1. The monoisotopic (exact) mass is 267 g/mol. The van der Waals surface area contributed by atoms with Crippen LogP contribution in [0.5, 0.6) is 0 Å². The number of sulfonamides is 1. The van der Waals surface area contributed by atoms with Gasteiger partial charge in [0.1, 0.15) is 17.8 Å². The highest BCUT2D eigenvalue weighted by Crippen LogP contribution is 2.19. The second-order valence-electron chi connectivity index (χ2n) is 4.04. The van der Waals surface area contributed by atoms with Crippen molar-refractivity contribution in [3.8, 4) is 0 Å².